The van der Waals surface area contributed by atoms with Crippen LogP contribution in [-0.4, -0.2) is 21.2 Å². The number of aryl methyl sites for hydroxylation is 1. The lowest BCUT2D eigenvalue weighted by Gasteiger charge is -2.22. The first kappa shape index (κ1) is 14.0. The molecule has 1 aromatic heterocycles. The van der Waals surface area contributed by atoms with Crippen LogP contribution in [0.1, 0.15) is 31.4 Å². The molecule has 0 spiro atoms. The van der Waals surface area contributed by atoms with Crippen molar-refractivity contribution in [2.24, 2.45) is 12.8 Å². The van der Waals surface area contributed by atoms with E-state index in [1.807, 2.05) is 13.1 Å². The first-order valence-electron chi connectivity index (χ1n) is 5.66. The zero-order valence-electron chi connectivity index (χ0n) is 9.98. The van der Waals surface area contributed by atoms with Crippen molar-refractivity contribution in [1.82, 2.24) is 15.1 Å². The van der Waals surface area contributed by atoms with E-state index in [4.69, 9.17) is 5.73 Å². The van der Waals surface area contributed by atoms with E-state index in [1.165, 1.54) is 0 Å². The number of hydrogen-bond donors (Lipinski definition) is 2. The fourth-order valence-corrected chi connectivity index (χ4v) is 2.15. The van der Waals surface area contributed by atoms with Gasteiger partial charge in [-0.25, -0.2) is 0 Å². The van der Waals surface area contributed by atoms with Crippen LogP contribution in [0.2, 0.25) is 0 Å². The third-order valence-corrected chi connectivity index (χ3v) is 3.30. The van der Waals surface area contributed by atoms with Crippen molar-refractivity contribution in [3.8, 4) is 0 Å². The number of hydrogen-bond acceptors (Lipinski definition) is 3. The molecule has 0 aromatic carbocycles. The van der Waals surface area contributed by atoms with Crippen LogP contribution < -0.4 is 11.1 Å². The molecule has 17 heavy (non-hydrogen) atoms. The van der Waals surface area contributed by atoms with Crippen LogP contribution >= 0.6 is 12.4 Å². The van der Waals surface area contributed by atoms with Crippen molar-refractivity contribution in [3.05, 3.63) is 18.0 Å². The molecule has 0 atom stereocenters. The second-order valence-corrected chi connectivity index (χ2v) is 4.49. The van der Waals surface area contributed by atoms with Crippen LogP contribution in [0.4, 0.5) is 0 Å². The molecule has 1 aliphatic rings. The van der Waals surface area contributed by atoms with Crippen molar-refractivity contribution < 1.29 is 4.79 Å². The van der Waals surface area contributed by atoms with E-state index in [2.05, 4.69) is 10.4 Å². The molecule has 1 aliphatic carbocycles. The molecule has 1 saturated carbocycles. The smallest absolute Gasteiger partial charge is 0.240 e. The molecule has 0 saturated heterocycles. The van der Waals surface area contributed by atoms with Gasteiger partial charge in [0.15, 0.2) is 0 Å². The highest BCUT2D eigenvalue weighted by Gasteiger charge is 2.36. The zero-order chi connectivity index (χ0) is 11.6. The highest BCUT2D eigenvalue weighted by molar-refractivity contribution is 5.86. The Morgan fingerprint density at radius 3 is 2.76 bits per heavy atom. The SMILES string of the molecule is Cl.Cn1nccc1CNC(=O)C1(N)CCCC1. The van der Waals surface area contributed by atoms with Gasteiger partial charge in [-0.2, -0.15) is 5.10 Å². The molecule has 1 fully saturated rings. The second-order valence-electron chi connectivity index (χ2n) is 4.49. The molecule has 5 nitrogen and oxygen atoms in total. The highest BCUT2D eigenvalue weighted by Crippen LogP contribution is 2.27. The summed E-state index contributed by atoms with van der Waals surface area (Å²) >= 11 is 0. The molecule has 0 radical (unpaired) electrons. The quantitative estimate of drug-likeness (QED) is 0.840. The maximum absolute atomic E-state index is 11.9. The van der Waals surface area contributed by atoms with Crippen LogP contribution in [-0.2, 0) is 18.4 Å². The second kappa shape index (κ2) is 5.51. The fraction of sp³-hybridized carbons (Fsp3) is 0.636. The van der Waals surface area contributed by atoms with E-state index >= 15 is 0 Å². The molecule has 0 aliphatic heterocycles. The Kier molecular flexibility index (Phi) is 4.54. The van der Waals surface area contributed by atoms with E-state index in [0.29, 0.717) is 6.54 Å². The predicted octanol–water partition coefficient (Wildman–Crippen LogP) is 0.730. The summed E-state index contributed by atoms with van der Waals surface area (Å²) in [6.07, 6.45) is 5.41. The summed E-state index contributed by atoms with van der Waals surface area (Å²) in [5, 5.41) is 6.93. The summed E-state index contributed by atoms with van der Waals surface area (Å²) < 4.78 is 1.75. The van der Waals surface area contributed by atoms with Crippen LogP contribution in [0.25, 0.3) is 0 Å². The molecule has 6 heteroatoms. The van der Waals surface area contributed by atoms with Gasteiger partial charge in [0.05, 0.1) is 17.8 Å². The summed E-state index contributed by atoms with van der Waals surface area (Å²) in [6.45, 7) is 0.494. The van der Waals surface area contributed by atoms with Crippen molar-refractivity contribution in [2.45, 2.75) is 37.8 Å². The fourth-order valence-electron chi connectivity index (χ4n) is 2.15. The van der Waals surface area contributed by atoms with E-state index in [0.717, 1.165) is 31.4 Å². The summed E-state index contributed by atoms with van der Waals surface area (Å²) in [7, 11) is 1.86. The highest BCUT2D eigenvalue weighted by atomic mass is 35.5. The average Bonchev–Trinajstić information content (AvgIpc) is 2.85. The van der Waals surface area contributed by atoms with Crippen molar-refractivity contribution in [2.75, 3.05) is 0 Å². The normalized spacial score (nSPS) is 17.5. The molecule has 1 heterocycles. The lowest BCUT2D eigenvalue weighted by atomic mass is 9.98. The number of aromatic nitrogens is 2. The Labute approximate surface area is 107 Å². The van der Waals surface area contributed by atoms with Crippen molar-refractivity contribution in [3.63, 3.8) is 0 Å². The Balaban J connectivity index is 0.00000144. The summed E-state index contributed by atoms with van der Waals surface area (Å²) in [5.74, 6) is -0.0359. The minimum atomic E-state index is -0.640. The standard InChI is InChI=1S/C11H18N4O.ClH/c1-15-9(4-7-14-15)8-13-10(16)11(12)5-2-3-6-11;/h4,7H,2-3,5-6,8,12H2,1H3,(H,13,16);1H. The van der Waals surface area contributed by atoms with Gasteiger partial charge >= 0.3 is 0 Å². The zero-order valence-corrected chi connectivity index (χ0v) is 10.8. The maximum atomic E-state index is 11.9. The number of carbonyl (C=O) groups excluding carboxylic acids is 1. The topological polar surface area (TPSA) is 72.9 Å². The number of amides is 1. The van der Waals surface area contributed by atoms with Crippen molar-refractivity contribution in [1.29, 1.82) is 0 Å². The molecule has 1 amide bonds. The van der Waals surface area contributed by atoms with Gasteiger partial charge in [0.25, 0.3) is 0 Å². The van der Waals surface area contributed by atoms with Crippen LogP contribution in [0, 0.1) is 0 Å². The Morgan fingerprint density at radius 1 is 1.59 bits per heavy atom. The average molecular weight is 259 g/mol. The van der Waals surface area contributed by atoms with Crippen LogP contribution in [0.3, 0.4) is 0 Å². The number of nitrogens with one attached hydrogen (secondary N) is 1. The summed E-state index contributed by atoms with van der Waals surface area (Å²) in [4.78, 5) is 11.9. The molecular weight excluding hydrogens is 240 g/mol. The van der Waals surface area contributed by atoms with E-state index in [-0.39, 0.29) is 18.3 Å². The third kappa shape index (κ3) is 2.98. The van der Waals surface area contributed by atoms with E-state index < -0.39 is 5.54 Å². The lowest BCUT2D eigenvalue weighted by molar-refractivity contribution is -0.126. The molecule has 2 rings (SSSR count). The number of nitrogens with zero attached hydrogens (tertiary/aromatic N) is 2. The Bertz CT molecular complexity index is 385. The Hall–Kier alpha value is -1.07. The molecule has 0 bridgehead atoms. The van der Waals surface area contributed by atoms with E-state index in [9.17, 15) is 4.79 Å². The lowest BCUT2D eigenvalue weighted by Crippen LogP contribution is -2.51. The largest absolute Gasteiger partial charge is 0.349 e. The number of halogens is 1. The molecule has 0 unspecified atom stereocenters. The van der Waals surface area contributed by atoms with Gasteiger partial charge in [-0.05, 0) is 18.9 Å². The Morgan fingerprint density at radius 2 is 2.24 bits per heavy atom. The van der Waals surface area contributed by atoms with Gasteiger partial charge in [0.1, 0.15) is 0 Å². The number of rotatable bonds is 3. The van der Waals surface area contributed by atoms with Gasteiger partial charge in [0.2, 0.25) is 5.91 Å². The molecule has 96 valence electrons. The summed E-state index contributed by atoms with van der Waals surface area (Å²) in [6, 6.07) is 1.89. The molecular formula is C11H19ClN4O. The third-order valence-electron chi connectivity index (χ3n) is 3.30. The van der Waals surface area contributed by atoms with Gasteiger partial charge in [-0.15, -0.1) is 12.4 Å². The minimum Gasteiger partial charge on any atom is -0.349 e. The van der Waals surface area contributed by atoms with Crippen LogP contribution in [0.15, 0.2) is 12.3 Å². The minimum absolute atomic E-state index is 0. The first-order chi connectivity index (χ1) is 7.62. The van der Waals surface area contributed by atoms with Gasteiger partial charge < -0.3 is 11.1 Å². The van der Waals surface area contributed by atoms with Gasteiger partial charge in [0, 0.05) is 13.2 Å². The van der Waals surface area contributed by atoms with E-state index in [1.54, 1.807) is 10.9 Å². The molecule has 1 aromatic rings. The molecule has 3 N–H and O–H groups in total. The van der Waals surface area contributed by atoms with Crippen molar-refractivity contribution >= 4 is 18.3 Å². The van der Waals surface area contributed by atoms with Gasteiger partial charge in [-0.1, -0.05) is 12.8 Å². The van der Waals surface area contributed by atoms with Crippen LogP contribution in [0.5, 0.6) is 0 Å². The predicted molar refractivity (Wildman–Crippen MR) is 67.7 cm³/mol. The van der Waals surface area contributed by atoms with Gasteiger partial charge in [-0.3, -0.25) is 9.48 Å². The number of carbonyl (C=O) groups is 1. The number of nitrogens with two attached hydrogens (primary N) is 1. The summed E-state index contributed by atoms with van der Waals surface area (Å²) in [5.41, 5.74) is 6.39. The monoisotopic (exact) mass is 258 g/mol. The maximum Gasteiger partial charge on any atom is 0.240 e. The first-order valence-corrected chi connectivity index (χ1v) is 5.66.